The Morgan fingerprint density at radius 1 is 1.26 bits per heavy atom. The smallest absolute Gasteiger partial charge is 0.234 e. The number of rotatable bonds is 7. The van der Waals surface area contributed by atoms with Gasteiger partial charge in [0, 0.05) is 30.1 Å². The summed E-state index contributed by atoms with van der Waals surface area (Å²) in [5.74, 6) is 2.16. The van der Waals surface area contributed by atoms with E-state index in [-0.39, 0.29) is 24.4 Å². The zero-order chi connectivity index (χ0) is 21.8. The molecule has 168 valence electrons. The zero-order valence-corrected chi connectivity index (χ0v) is 18.3. The molecule has 1 aliphatic heterocycles. The van der Waals surface area contributed by atoms with Gasteiger partial charge in [-0.1, -0.05) is 18.9 Å². The summed E-state index contributed by atoms with van der Waals surface area (Å²) in [4.78, 5) is 15.0. The van der Waals surface area contributed by atoms with Crippen LogP contribution in [-0.2, 0) is 11.3 Å². The monoisotopic (exact) mass is 428 g/mol. The van der Waals surface area contributed by atoms with Crippen LogP contribution < -0.4 is 14.8 Å². The lowest BCUT2D eigenvalue weighted by Gasteiger charge is -2.52. The number of furan rings is 1. The molecule has 2 heterocycles. The topological polar surface area (TPSA) is 84.2 Å². The average Bonchev–Trinajstić information content (AvgIpc) is 3.31. The Hall–Kier alpha value is -2.51. The molecule has 1 aromatic carbocycles. The van der Waals surface area contributed by atoms with Crippen LogP contribution in [-0.4, -0.2) is 48.8 Å². The second-order valence-corrected chi connectivity index (χ2v) is 8.59. The standard InChI is InChI=1S/C24H32N2O5/c1-29-17-8-9-19(21(14-17)30-2)23-20-7-3-4-10-24(20,28)11-12-26(23)16-22(27)25-15-18-6-5-13-31-18/h5-6,8-9,13-14,20,23,28H,3-4,7,10-12,15-16H2,1-2H3,(H,25,27)/t20-,23+,24-/m1/s1. The van der Waals surface area contributed by atoms with Gasteiger partial charge < -0.3 is 24.3 Å². The molecule has 0 radical (unpaired) electrons. The number of hydrogen-bond acceptors (Lipinski definition) is 6. The van der Waals surface area contributed by atoms with Crippen LogP contribution in [0.3, 0.4) is 0 Å². The predicted octanol–water partition coefficient (Wildman–Crippen LogP) is 3.28. The van der Waals surface area contributed by atoms with Crippen molar-refractivity contribution in [3.05, 3.63) is 47.9 Å². The highest BCUT2D eigenvalue weighted by Gasteiger charge is 2.49. The quantitative estimate of drug-likeness (QED) is 0.704. The fraction of sp³-hybridized carbons (Fsp3) is 0.542. The highest BCUT2D eigenvalue weighted by molar-refractivity contribution is 5.78. The Labute approximate surface area is 183 Å². The average molecular weight is 429 g/mol. The number of ether oxygens (including phenoxy) is 2. The van der Waals surface area contributed by atoms with Gasteiger partial charge in [0.1, 0.15) is 17.3 Å². The summed E-state index contributed by atoms with van der Waals surface area (Å²) in [7, 11) is 3.28. The molecule has 1 aromatic heterocycles. The minimum absolute atomic E-state index is 0.0511. The maximum Gasteiger partial charge on any atom is 0.234 e. The number of fused-ring (bicyclic) bond motifs is 1. The van der Waals surface area contributed by atoms with E-state index in [1.54, 1.807) is 20.5 Å². The first-order valence-electron chi connectivity index (χ1n) is 11.0. The van der Waals surface area contributed by atoms with Crippen LogP contribution in [0.15, 0.2) is 41.0 Å². The van der Waals surface area contributed by atoms with Crippen molar-refractivity contribution in [2.45, 2.75) is 50.3 Å². The van der Waals surface area contributed by atoms with Crippen molar-refractivity contribution in [1.29, 1.82) is 0 Å². The van der Waals surface area contributed by atoms with E-state index >= 15 is 0 Å². The number of aliphatic hydroxyl groups is 1. The largest absolute Gasteiger partial charge is 0.497 e. The number of hydrogen-bond donors (Lipinski definition) is 2. The molecule has 1 saturated carbocycles. The highest BCUT2D eigenvalue weighted by atomic mass is 16.5. The molecule has 1 saturated heterocycles. The Kier molecular flexibility index (Phi) is 6.53. The van der Waals surface area contributed by atoms with E-state index < -0.39 is 5.60 Å². The number of methoxy groups -OCH3 is 2. The third-order valence-corrected chi connectivity index (χ3v) is 6.82. The van der Waals surface area contributed by atoms with Gasteiger partial charge in [0.25, 0.3) is 0 Å². The van der Waals surface area contributed by atoms with Crippen LogP contribution >= 0.6 is 0 Å². The van der Waals surface area contributed by atoms with Crippen LogP contribution in [0.4, 0.5) is 0 Å². The molecule has 4 rings (SSSR count). The number of carbonyl (C=O) groups excluding carboxylic acids is 1. The van der Waals surface area contributed by atoms with Gasteiger partial charge in [-0.15, -0.1) is 0 Å². The summed E-state index contributed by atoms with van der Waals surface area (Å²) in [6.45, 7) is 1.28. The van der Waals surface area contributed by atoms with Gasteiger partial charge in [-0.05, 0) is 37.5 Å². The summed E-state index contributed by atoms with van der Waals surface area (Å²) < 4.78 is 16.4. The Bertz CT molecular complexity index is 884. The van der Waals surface area contributed by atoms with E-state index in [2.05, 4.69) is 10.2 Å². The second kappa shape index (κ2) is 9.32. The van der Waals surface area contributed by atoms with Crippen LogP contribution in [0.25, 0.3) is 0 Å². The lowest BCUT2D eigenvalue weighted by molar-refractivity contribution is -0.138. The van der Waals surface area contributed by atoms with E-state index in [4.69, 9.17) is 13.9 Å². The molecule has 31 heavy (non-hydrogen) atoms. The van der Waals surface area contributed by atoms with Crippen molar-refractivity contribution in [3.63, 3.8) is 0 Å². The van der Waals surface area contributed by atoms with Crippen LogP contribution in [0.5, 0.6) is 11.5 Å². The number of benzene rings is 1. The van der Waals surface area contributed by atoms with Crippen LogP contribution in [0.1, 0.15) is 49.5 Å². The normalized spacial score (nSPS) is 26.2. The number of nitrogens with one attached hydrogen (secondary N) is 1. The Morgan fingerprint density at radius 3 is 2.87 bits per heavy atom. The molecule has 7 nitrogen and oxygen atoms in total. The molecule has 0 bridgehead atoms. The summed E-state index contributed by atoms with van der Waals surface area (Å²) >= 11 is 0. The maximum absolute atomic E-state index is 12.8. The van der Waals surface area contributed by atoms with Crippen molar-refractivity contribution in [3.8, 4) is 11.5 Å². The Morgan fingerprint density at radius 2 is 2.13 bits per heavy atom. The first-order valence-corrected chi connectivity index (χ1v) is 11.0. The zero-order valence-electron chi connectivity index (χ0n) is 18.3. The maximum atomic E-state index is 12.8. The number of likely N-dealkylation sites (tertiary alicyclic amines) is 1. The van der Waals surface area contributed by atoms with Crippen molar-refractivity contribution >= 4 is 5.91 Å². The molecule has 0 spiro atoms. The summed E-state index contributed by atoms with van der Waals surface area (Å²) in [5, 5.41) is 14.4. The molecular weight excluding hydrogens is 396 g/mol. The minimum Gasteiger partial charge on any atom is -0.497 e. The summed E-state index contributed by atoms with van der Waals surface area (Å²) in [5.41, 5.74) is 0.293. The molecule has 3 atom stereocenters. The van der Waals surface area contributed by atoms with Crippen molar-refractivity contribution in [2.24, 2.45) is 5.92 Å². The molecular formula is C24H32N2O5. The van der Waals surface area contributed by atoms with Crippen molar-refractivity contribution < 1.29 is 23.8 Å². The summed E-state index contributed by atoms with van der Waals surface area (Å²) in [6, 6.07) is 9.35. The highest BCUT2D eigenvalue weighted by Crippen LogP contribution is 2.51. The van der Waals surface area contributed by atoms with Crippen LogP contribution in [0.2, 0.25) is 0 Å². The predicted molar refractivity (Wildman–Crippen MR) is 116 cm³/mol. The van der Waals surface area contributed by atoms with Crippen molar-refractivity contribution in [2.75, 3.05) is 27.3 Å². The molecule has 2 aromatic rings. The van der Waals surface area contributed by atoms with E-state index in [0.717, 1.165) is 48.5 Å². The lowest BCUT2D eigenvalue weighted by Crippen LogP contribution is -2.56. The van der Waals surface area contributed by atoms with Gasteiger partial charge in [0.2, 0.25) is 5.91 Å². The Balaban J connectivity index is 1.60. The molecule has 2 aliphatic rings. The molecule has 1 amide bonds. The molecule has 7 heteroatoms. The third kappa shape index (κ3) is 4.57. The number of carbonyl (C=O) groups is 1. The fourth-order valence-corrected chi connectivity index (χ4v) is 5.24. The molecule has 1 aliphatic carbocycles. The lowest BCUT2D eigenvalue weighted by atomic mass is 9.66. The second-order valence-electron chi connectivity index (χ2n) is 8.59. The van der Waals surface area contributed by atoms with E-state index in [0.29, 0.717) is 19.5 Å². The molecule has 2 N–H and O–H groups in total. The van der Waals surface area contributed by atoms with E-state index in [1.165, 1.54) is 0 Å². The van der Waals surface area contributed by atoms with Gasteiger partial charge >= 0.3 is 0 Å². The SMILES string of the molecule is COc1ccc([C@H]2[C@H]3CCCC[C@@]3(O)CCN2CC(=O)NCc2ccco2)c(OC)c1. The number of piperidine rings is 1. The first kappa shape index (κ1) is 21.7. The fourth-order valence-electron chi connectivity index (χ4n) is 5.24. The van der Waals surface area contributed by atoms with Gasteiger partial charge in [0.05, 0.1) is 39.2 Å². The third-order valence-electron chi connectivity index (χ3n) is 6.82. The van der Waals surface area contributed by atoms with Gasteiger partial charge in [-0.3, -0.25) is 9.69 Å². The summed E-state index contributed by atoms with van der Waals surface area (Å²) in [6.07, 6.45) is 6.15. The molecule has 2 fully saturated rings. The van der Waals surface area contributed by atoms with Crippen molar-refractivity contribution in [1.82, 2.24) is 10.2 Å². The number of nitrogens with zero attached hydrogens (tertiary/aromatic N) is 1. The molecule has 0 unspecified atom stereocenters. The van der Waals surface area contributed by atoms with Gasteiger partial charge in [-0.25, -0.2) is 0 Å². The minimum atomic E-state index is -0.699. The van der Waals surface area contributed by atoms with Gasteiger partial charge in [-0.2, -0.15) is 0 Å². The van der Waals surface area contributed by atoms with Gasteiger partial charge in [0.15, 0.2) is 0 Å². The van der Waals surface area contributed by atoms with E-state index in [1.807, 2.05) is 30.3 Å². The first-order chi connectivity index (χ1) is 15.0. The van der Waals surface area contributed by atoms with Crippen LogP contribution in [0, 0.1) is 5.92 Å². The number of amides is 1. The van der Waals surface area contributed by atoms with E-state index in [9.17, 15) is 9.90 Å².